The molecule has 1 aromatic heterocycles. The summed E-state index contributed by atoms with van der Waals surface area (Å²) in [6, 6.07) is 13.0. The van der Waals surface area contributed by atoms with Gasteiger partial charge in [-0.2, -0.15) is 0 Å². The van der Waals surface area contributed by atoms with Gasteiger partial charge in [0.15, 0.2) is 0 Å². The molecular weight excluding hydrogens is 268 g/mol. The van der Waals surface area contributed by atoms with E-state index < -0.39 is 0 Å². The lowest BCUT2D eigenvalue weighted by Gasteiger charge is -2.19. The molecule has 5 nitrogen and oxygen atoms in total. The predicted molar refractivity (Wildman–Crippen MR) is 79.6 cm³/mol. The Labute approximate surface area is 124 Å². The molecule has 0 radical (unpaired) electrons. The highest BCUT2D eigenvalue weighted by molar-refractivity contribution is 5.74. The van der Waals surface area contributed by atoms with E-state index in [0.29, 0.717) is 25.1 Å². The van der Waals surface area contributed by atoms with Crippen LogP contribution in [-0.4, -0.2) is 17.7 Å². The standard InChI is InChI=1S/C16H20N2O3/c19-10-4-9-15(13-6-2-1-3-7-13)18-16(20)17-12-14-8-5-11-21-14/h1-3,5-8,11,15,19H,4,9-10,12H2,(H2,17,18,20). The van der Waals surface area contributed by atoms with E-state index in [-0.39, 0.29) is 18.7 Å². The van der Waals surface area contributed by atoms with Crippen LogP contribution in [0.25, 0.3) is 0 Å². The van der Waals surface area contributed by atoms with Crippen LogP contribution in [0.15, 0.2) is 53.1 Å². The molecule has 2 aromatic rings. The number of amides is 2. The molecule has 0 aliphatic rings. The number of hydrogen-bond acceptors (Lipinski definition) is 3. The Morgan fingerprint density at radius 1 is 1.19 bits per heavy atom. The largest absolute Gasteiger partial charge is 0.467 e. The minimum atomic E-state index is -0.252. The van der Waals surface area contributed by atoms with Crippen LogP contribution in [-0.2, 0) is 6.54 Å². The van der Waals surface area contributed by atoms with Gasteiger partial charge < -0.3 is 20.2 Å². The third-order valence-corrected chi connectivity index (χ3v) is 3.16. The van der Waals surface area contributed by atoms with E-state index in [4.69, 9.17) is 9.52 Å². The first-order chi connectivity index (χ1) is 10.3. The number of urea groups is 1. The Morgan fingerprint density at radius 3 is 2.67 bits per heavy atom. The quantitative estimate of drug-likeness (QED) is 0.733. The molecule has 21 heavy (non-hydrogen) atoms. The lowest BCUT2D eigenvalue weighted by atomic mass is 10.0. The van der Waals surface area contributed by atoms with Crippen LogP contribution in [0.5, 0.6) is 0 Å². The Kier molecular flexibility index (Phi) is 5.84. The number of aliphatic hydroxyl groups is 1. The molecule has 0 fully saturated rings. The number of hydrogen-bond donors (Lipinski definition) is 3. The zero-order valence-electron chi connectivity index (χ0n) is 11.8. The van der Waals surface area contributed by atoms with Crippen LogP contribution in [0.2, 0.25) is 0 Å². The fraction of sp³-hybridized carbons (Fsp3) is 0.312. The maximum atomic E-state index is 12.0. The van der Waals surface area contributed by atoms with Crippen molar-refractivity contribution in [3.8, 4) is 0 Å². The first kappa shape index (κ1) is 15.1. The van der Waals surface area contributed by atoms with Crippen molar-refractivity contribution >= 4 is 6.03 Å². The fourth-order valence-electron chi connectivity index (χ4n) is 2.09. The molecular formula is C16H20N2O3. The molecule has 0 spiro atoms. The van der Waals surface area contributed by atoms with Crippen molar-refractivity contribution in [2.24, 2.45) is 0 Å². The van der Waals surface area contributed by atoms with Crippen LogP contribution >= 0.6 is 0 Å². The minimum absolute atomic E-state index is 0.110. The lowest BCUT2D eigenvalue weighted by molar-refractivity contribution is 0.232. The monoisotopic (exact) mass is 288 g/mol. The van der Waals surface area contributed by atoms with Crippen molar-refractivity contribution in [2.75, 3.05) is 6.61 Å². The van der Waals surface area contributed by atoms with Gasteiger partial charge in [-0.15, -0.1) is 0 Å². The van der Waals surface area contributed by atoms with Gasteiger partial charge in [0.1, 0.15) is 5.76 Å². The summed E-state index contributed by atoms with van der Waals surface area (Å²) >= 11 is 0. The normalized spacial score (nSPS) is 11.9. The number of carbonyl (C=O) groups is 1. The first-order valence-corrected chi connectivity index (χ1v) is 7.02. The van der Waals surface area contributed by atoms with Crippen molar-refractivity contribution < 1.29 is 14.3 Å². The van der Waals surface area contributed by atoms with Gasteiger partial charge in [-0.1, -0.05) is 30.3 Å². The molecule has 0 aliphatic carbocycles. The van der Waals surface area contributed by atoms with Crippen LogP contribution in [0, 0.1) is 0 Å². The molecule has 112 valence electrons. The van der Waals surface area contributed by atoms with Gasteiger partial charge in [-0.3, -0.25) is 0 Å². The lowest BCUT2D eigenvalue weighted by Crippen LogP contribution is -2.37. The zero-order valence-corrected chi connectivity index (χ0v) is 11.8. The summed E-state index contributed by atoms with van der Waals surface area (Å²) in [5.74, 6) is 0.705. The van der Waals surface area contributed by atoms with E-state index >= 15 is 0 Å². The van der Waals surface area contributed by atoms with Gasteiger partial charge in [0.2, 0.25) is 0 Å². The number of rotatable bonds is 7. The highest BCUT2D eigenvalue weighted by Gasteiger charge is 2.14. The van der Waals surface area contributed by atoms with Crippen molar-refractivity contribution in [2.45, 2.75) is 25.4 Å². The minimum Gasteiger partial charge on any atom is -0.467 e. The van der Waals surface area contributed by atoms with Crippen molar-refractivity contribution in [1.82, 2.24) is 10.6 Å². The summed E-state index contributed by atoms with van der Waals surface area (Å²) in [5.41, 5.74) is 1.03. The van der Waals surface area contributed by atoms with Gasteiger partial charge in [0.05, 0.1) is 18.8 Å². The maximum absolute atomic E-state index is 12.0. The van der Waals surface area contributed by atoms with Crippen molar-refractivity contribution in [1.29, 1.82) is 0 Å². The first-order valence-electron chi connectivity index (χ1n) is 7.02. The van der Waals surface area contributed by atoms with E-state index in [1.54, 1.807) is 18.4 Å². The summed E-state index contributed by atoms with van der Waals surface area (Å²) in [7, 11) is 0. The van der Waals surface area contributed by atoms with E-state index in [9.17, 15) is 4.79 Å². The topological polar surface area (TPSA) is 74.5 Å². The van der Waals surface area contributed by atoms with E-state index in [1.807, 2.05) is 30.3 Å². The van der Waals surface area contributed by atoms with E-state index in [1.165, 1.54) is 0 Å². The van der Waals surface area contributed by atoms with E-state index in [0.717, 1.165) is 5.56 Å². The third kappa shape index (κ3) is 4.96. The molecule has 1 unspecified atom stereocenters. The Hall–Kier alpha value is -2.27. The average molecular weight is 288 g/mol. The molecule has 1 aromatic carbocycles. The smallest absolute Gasteiger partial charge is 0.315 e. The van der Waals surface area contributed by atoms with Crippen LogP contribution in [0.1, 0.15) is 30.2 Å². The van der Waals surface area contributed by atoms with Crippen molar-refractivity contribution in [3.05, 3.63) is 60.1 Å². The second-order valence-electron chi connectivity index (χ2n) is 4.74. The zero-order chi connectivity index (χ0) is 14.9. The number of furan rings is 1. The molecule has 0 aliphatic heterocycles. The highest BCUT2D eigenvalue weighted by atomic mass is 16.3. The van der Waals surface area contributed by atoms with Crippen LogP contribution in [0.3, 0.4) is 0 Å². The van der Waals surface area contributed by atoms with E-state index in [2.05, 4.69) is 10.6 Å². The SMILES string of the molecule is O=C(NCc1ccco1)NC(CCCO)c1ccccc1. The molecule has 1 heterocycles. The molecule has 0 bridgehead atoms. The summed E-state index contributed by atoms with van der Waals surface area (Å²) in [6.45, 7) is 0.458. The molecule has 0 saturated carbocycles. The van der Waals surface area contributed by atoms with Gasteiger partial charge >= 0.3 is 6.03 Å². The number of nitrogens with one attached hydrogen (secondary N) is 2. The average Bonchev–Trinajstić information content (AvgIpc) is 3.03. The number of carbonyl (C=O) groups excluding carboxylic acids is 1. The summed E-state index contributed by atoms with van der Waals surface area (Å²) in [5, 5.41) is 14.7. The predicted octanol–water partition coefficient (Wildman–Crippen LogP) is 2.59. The summed E-state index contributed by atoms with van der Waals surface area (Å²) < 4.78 is 5.16. The molecule has 2 rings (SSSR count). The van der Waals surface area contributed by atoms with Crippen LogP contribution in [0.4, 0.5) is 4.79 Å². The molecule has 0 saturated heterocycles. The Morgan fingerprint density at radius 2 is 2.00 bits per heavy atom. The molecule has 2 amide bonds. The van der Waals surface area contributed by atoms with Gasteiger partial charge in [0, 0.05) is 6.61 Å². The number of benzene rings is 1. The van der Waals surface area contributed by atoms with Crippen LogP contribution < -0.4 is 10.6 Å². The highest BCUT2D eigenvalue weighted by Crippen LogP contribution is 2.17. The summed E-state index contributed by atoms with van der Waals surface area (Å²) in [6.07, 6.45) is 2.90. The second-order valence-corrected chi connectivity index (χ2v) is 4.74. The van der Waals surface area contributed by atoms with Gasteiger partial charge in [-0.05, 0) is 30.5 Å². The van der Waals surface area contributed by atoms with Gasteiger partial charge in [0.25, 0.3) is 0 Å². The number of aliphatic hydroxyl groups excluding tert-OH is 1. The van der Waals surface area contributed by atoms with Crippen molar-refractivity contribution in [3.63, 3.8) is 0 Å². The Balaban J connectivity index is 1.89. The van der Waals surface area contributed by atoms with Gasteiger partial charge in [-0.25, -0.2) is 4.79 Å². The summed E-state index contributed by atoms with van der Waals surface area (Å²) in [4.78, 5) is 12.0. The Bertz CT molecular complexity index is 526. The third-order valence-electron chi connectivity index (χ3n) is 3.16. The fourth-order valence-corrected chi connectivity index (χ4v) is 2.09. The molecule has 5 heteroatoms. The molecule has 3 N–H and O–H groups in total. The molecule has 1 atom stereocenters. The second kappa shape index (κ2) is 8.11. The maximum Gasteiger partial charge on any atom is 0.315 e.